The first-order valence-corrected chi connectivity index (χ1v) is 6.67. The van der Waals surface area contributed by atoms with Crippen molar-refractivity contribution in [1.82, 2.24) is 5.43 Å². The third-order valence-corrected chi connectivity index (χ3v) is 3.49. The molecule has 6 heteroatoms. The number of carbonyl (C=O) groups is 1. The number of thiophene rings is 1. The van der Waals surface area contributed by atoms with E-state index in [1.807, 2.05) is 6.07 Å². The molecule has 1 aromatic heterocycles. The van der Waals surface area contributed by atoms with Crippen molar-refractivity contribution in [2.24, 2.45) is 5.10 Å². The summed E-state index contributed by atoms with van der Waals surface area (Å²) in [5.74, 6) is -0.579. The molecular formula is C13H11ClN2O2S. The third kappa shape index (κ3) is 3.89. The van der Waals surface area contributed by atoms with E-state index >= 15 is 0 Å². The van der Waals surface area contributed by atoms with Gasteiger partial charge in [0, 0.05) is 4.88 Å². The molecule has 0 radical (unpaired) electrons. The Morgan fingerprint density at radius 3 is 2.68 bits per heavy atom. The van der Waals surface area contributed by atoms with Crippen LogP contribution in [0.2, 0.25) is 4.34 Å². The monoisotopic (exact) mass is 294 g/mol. The molecule has 1 heterocycles. The molecule has 4 nitrogen and oxygen atoms in total. The van der Waals surface area contributed by atoms with E-state index in [1.165, 1.54) is 17.6 Å². The van der Waals surface area contributed by atoms with Crippen molar-refractivity contribution >= 4 is 35.1 Å². The molecule has 98 valence electrons. The summed E-state index contributed by atoms with van der Waals surface area (Å²) < 4.78 is 0.650. The van der Waals surface area contributed by atoms with Crippen molar-refractivity contribution in [1.29, 1.82) is 0 Å². The summed E-state index contributed by atoms with van der Waals surface area (Å²) in [4.78, 5) is 12.5. The van der Waals surface area contributed by atoms with E-state index in [0.29, 0.717) is 9.90 Å². The summed E-state index contributed by atoms with van der Waals surface area (Å²) in [7, 11) is 0. The van der Waals surface area contributed by atoms with Crippen LogP contribution in [0, 0.1) is 0 Å². The average Bonchev–Trinajstić information content (AvgIpc) is 2.84. The topological polar surface area (TPSA) is 61.7 Å². The number of hydrazone groups is 1. The number of hydrogen-bond acceptors (Lipinski definition) is 4. The van der Waals surface area contributed by atoms with Gasteiger partial charge in [0.1, 0.15) is 0 Å². The van der Waals surface area contributed by atoms with Crippen LogP contribution in [0.25, 0.3) is 0 Å². The normalized spacial score (nSPS) is 12.5. The molecule has 2 aromatic rings. The zero-order chi connectivity index (χ0) is 13.7. The molecule has 1 aromatic carbocycles. The largest absolute Gasteiger partial charge is 0.378 e. The van der Waals surface area contributed by atoms with Gasteiger partial charge in [-0.2, -0.15) is 5.10 Å². The number of aliphatic hydroxyl groups excluding tert-OH is 1. The Hall–Kier alpha value is -1.69. The van der Waals surface area contributed by atoms with E-state index in [4.69, 9.17) is 11.6 Å². The van der Waals surface area contributed by atoms with Gasteiger partial charge in [-0.05, 0) is 17.7 Å². The van der Waals surface area contributed by atoms with Crippen molar-refractivity contribution < 1.29 is 9.90 Å². The first kappa shape index (κ1) is 13.7. The molecule has 0 saturated carbocycles. The zero-order valence-corrected chi connectivity index (χ0v) is 11.4. The van der Waals surface area contributed by atoms with Gasteiger partial charge in [-0.1, -0.05) is 41.9 Å². The second-order valence-corrected chi connectivity index (χ2v) is 5.44. The molecule has 0 spiro atoms. The second kappa shape index (κ2) is 6.47. The van der Waals surface area contributed by atoms with E-state index < -0.39 is 12.0 Å². The second-order valence-electron chi connectivity index (χ2n) is 3.69. The molecule has 0 unspecified atom stereocenters. The lowest BCUT2D eigenvalue weighted by Crippen LogP contribution is -2.25. The Morgan fingerprint density at radius 1 is 1.32 bits per heavy atom. The average molecular weight is 295 g/mol. The predicted molar refractivity (Wildman–Crippen MR) is 76.5 cm³/mol. The van der Waals surface area contributed by atoms with Crippen LogP contribution in [-0.4, -0.2) is 17.2 Å². The summed E-state index contributed by atoms with van der Waals surface area (Å²) >= 11 is 7.11. The molecular weight excluding hydrogens is 284 g/mol. The van der Waals surface area contributed by atoms with Gasteiger partial charge in [-0.15, -0.1) is 11.3 Å². The Kier molecular flexibility index (Phi) is 4.68. The number of carbonyl (C=O) groups excluding carboxylic acids is 1. The van der Waals surface area contributed by atoms with Crippen LogP contribution in [0.5, 0.6) is 0 Å². The van der Waals surface area contributed by atoms with E-state index in [-0.39, 0.29) is 0 Å². The van der Waals surface area contributed by atoms with Crippen LogP contribution in [0.4, 0.5) is 0 Å². The highest BCUT2D eigenvalue weighted by atomic mass is 35.5. The number of nitrogens with zero attached hydrogens (tertiary/aromatic N) is 1. The van der Waals surface area contributed by atoms with Crippen molar-refractivity contribution in [3.8, 4) is 0 Å². The lowest BCUT2D eigenvalue weighted by Gasteiger charge is -2.08. The molecule has 0 bridgehead atoms. The van der Waals surface area contributed by atoms with Crippen molar-refractivity contribution in [3.05, 3.63) is 57.2 Å². The first-order chi connectivity index (χ1) is 9.16. The van der Waals surface area contributed by atoms with Gasteiger partial charge >= 0.3 is 0 Å². The third-order valence-electron chi connectivity index (χ3n) is 2.32. The fourth-order valence-electron chi connectivity index (χ4n) is 1.41. The van der Waals surface area contributed by atoms with Crippen LogP contribution in [0.3, 0.4) is 0 Å². The quantitative estimate of drug-likeness (QED) is 0.672. The van der Waals surface area contributed by atoms with Gasteiger partial charge in [0.05, 0.1) is 10.6 Å². The highest BCUT2D eigenvalue weighted by Crippen LogP contribution is 2.19. The Morgan fingerprint density at radius 2 is 2.05 bits per heavy atom. The standard InChI is InChI=1S/C13H11ClN2O2S/c14-11-7-6-10(19-11)8-15-16-13(18)12(17)9-4-2-1-3-5-9/h1-8,12,17H,(H,16,18)/b15-8-/t12-/m0/s1. The summed E-state index contributed by atoms with van der Waals surface area (Å²) in [6, 6.07) is 12.2. The number of rotatable bonds is 4. The minimum absolute atomic E-state index is 0.523. The molecule has 2 N–H and O–H groups in total. The highest BCUT2D eigenvalue weighted by molar-refractivity contribution is 7.17. The zero-order valence-electron chi connectivity index (χ0n) is 9.79. The predicted octanol–water partition coefficient (Wildman–Crippen LogP) is 2.59. The van der Waals surface area contributed by atoms with Crippen molar-refractivity contribution in [2.45, 2.75) is 6.10 Å². The van der Waals surface area contributed by atoms with Crippen LogP contribution in [0.1, 0.15) is 16.5 Å². The number of hydrogen-bond donors (Lipinski definition) is 2. The maximum atomic E-state index is 11.6. The highest BCUT2D eigenvalue weighted by Gasteiger charge is 2.15. The van der Waals surface area contributed by atoms with Crippen LogP contribution in [0.15, 0.2) is 47.6 Å². The van der Waals surface area contributed by atoms with E-state index in [9.17, 15) is 9.90 Å². The van der Waals surface area contributed by atoms with Gasteiger partial charge in [0.25, 0.3) is 5.91 Å². The van der Waals surface area contributed by atoms with Crippen molar-refractivity contribution in [3.63, 3.8) is 0 Å². The Bertz CT molecular complexity index is 583. The fraction of sp³-hybridized carbons (Fsp3) is 0.0769. The molecule has 0 aliphatic heterocycles. The Labute approximate surface area is 119 Å². The number of nitrogens with one attached hydrogen (secondary N) is 1. The van der Waals surface area contributed by atoms with E-state index in [2.05, 4.69) is 10.5 Å². The van der Waals surface area contributed by atoms with Gasteiger partial charge in [0.15, 0.2) is 6.10 Å². The first-order valence-electron chi connectivity index (χ1n) is 5.48. The molecule has 0 aliphatic rings. The van der Waals surface area contributed by atoms with Gasteiger partial charge < -0.3 is 5.11 Å². The summed E-state index contributed by atoms with van der Waals surface area (Å²) in [6.07, 6.45) is 0.247. The van der Waals surface area contributed by atoms with E-state index in [1.54, 1.807) is 36.4 Å². The van der Waals surface area contributed by atoms with Gasteiger partial charge in [-0.3, -0.25) is 4.79 Å². The number of halogens is 1. The number of aliphatic hydroxyl groups is 1. The minimum Gasteiger partial charge on any atom is -0.378 e. The Balaban J connectivity index is 1.93. The fourth-order valence-corrected chi connectivity index (χ4v) is 2.34. The van der Waals surface area contributed by atoms with Gasteiger partial charge in [0.2, 0.25) is 0 Å². The maximum absolute atomic E-state index is 11.6. The summed E-state index contributed by atoms with van der Waals surface area (Å²) in [5, 5.41) is 13.6. The number of benzene rings is 1. The summed E-state index contributed by atoms with van der Waals surface area (Å²) in [5.41, 5.74) is 2.81. The summed E-state index contributed by atoms with van der Waals surface area (Å²) in [6.45, 7) is 0. The number of amides is 1. The molecule has 0 fully saturated rings. The molecule has 0 saturated heterocycles. The van der Waals surface area contributed by atoms with Crippen LogP contribution in [-0.2, 0) is 4.79 Å². The van der Waals surface area contributed by atoms with E-state index in [0.717, 1.165) is 4.88 Å². The molecule has 0 aliphatic carbocycles. The minimum atomic E-state index is -1.23. The molecule has 2 rings (SSSR count). The maximum Gasteiger partial charge on any atom is 0.273 e. The lowest BCUT2D eigenvalue weighted by atomic mass is 10.1. The SMILES string of the molecule is O=C(N/N=C\c1ccc(Cl)s1)[C@@H](O)c1ccccc1. The molecule has 1 atom stereocenters. The smallest absolute Gasteiger partial charge is 0.273 e. The van der Waals surface area contributed by atoms with Crippen molar-refractivity contribution in [2.75, 3.05) is 0 Å². The molecule has 19 heavy (non-hydrogen) atoms. The van der Waals surface area contributed by atoms with Crippen LogP contribution < -0.4 is 5.43 Å². The molecule has 1 amide bonds. The van der Waals surface area contributed by atoms with Gasteiger partial charge in [-0.25, -0.2) is 5.43 Å². The van der Waals surface area contributed by atoms with Crippen LogP contribution >= 0.6 is 22.9 Å². The lowest BCUT2D eigenvalue weighted by molar-refractivity contribution is -0.129.